The lowest BCUT2D eigenvalue weighted by Gasteiger charge is -2.40. The first-order chi connectivity index (χ1) is 10.1. The first-order valence-electron chi connectivity index (χ1n) is 7.77. The van der Waals surface area contributed by atoms with Crippen LogP contribution < -0.4 is 5.32 Å². The number of hydrogen-bond donors (Lipinski definition) is 2. The molecule has 0 radical (unpaired) electrons. The molecule has 1 amide bonds. The summed E-state index contributed by atoms with van der Waals surface area (Å²) in [5.41, 5.74) is 0.472. The van der Waals surface area contributed by atoms with Gasteiger partial charge in [-0.3, -0.25) is 9.59 Å². The molecule has 3 rings (SSSR count). The van der Waals surface area contributed by atoms with Crippen LogP contribution in [0.1, 0.15) is 61.5 Å². The van der Waals surface area contributed by atoms with Gasteiger partial charge in [0, 0.05) is 18.8 Å². The maximum absolute atomic E-state index is 12.4. The van der Waals surface area contributed by atoms with E-state index in [-0.39, 0.29) is 17.7 Å². The summed E-state index contributed by atoms with van der Waals surface area (Å²) in [7, 11) is 0. The Labute approximate surface area is 124 Å². The van der Waals surface area contributed by atoms with Crippen molar-refractivity contribution in [3.8, 4) is 0 Å². The molecule has 2 aliphatic rings. The number of amides is 1. The highest BCUT2D eigenvalue weighted by atomic mass is 16.4. The quantitative estimate of drug-likeness (QED) is 0.846. The van der Waals surface area contributed by atoms with Gasteiger partial charge in [0.15, 0.2) is 0 Å². The number of nitrogens with zero attached hydrogens (tertiary/aromatic N) is 1. The fraction of sp³-hybridized carbons (Fsp3) is 0.625. The van der Waals surface area contributed by atoms with Gasteiger partial charge in [-0.2, -0.15) is 0 Å². The van der Waals surface area contributed by atoms with E-state index < -0.39 is 5.97 Å². The molecular formula is C16H22N2O3. The maximum Gasteiger partial charge on any atom is 0.303 e. The molecule has 0 atom stereocenters. The van der Waals surface area contributed by atoms with Crippen LogP contribution in [-0.2, 0) is 4.79 Å². The zero-order valence-electron chi connectivity index (χ0n) is 12.2. The summed E-state index contributed by atoms with van der Waals surface area (Å²) >= 11 is 0. The molecule has 1 aromatic rings. The van der Waals surface area contributed by atoms with Crippen LogP contribution in [-0.4, -0.2) is 28.1 Å². The summed E-state index contributed by atoms with van der Waals surface area (Å²) in [5.74, 6) is -0.856. The van der Waals surface area contributed by atoms with Crippen LogP contribution in [0.5, 0.6) is 0 Å². The molecule has 1 heterocycles. The molecule has 2 saturated carbocycles. The van der Waals surface area contributed by atoms with Crippen LogP contribution in [0.15, 0.2) is 18.3 Å². The Morgan fingerprint density at radius 3 is 2.62 bits per heavy atom. The largest absolute Gasteiger partial charge is 0.481 e. The average Bonchev–Trinajstić information content (AvgIpc) is 2.78. The molecule has 21 heavy (non-hydrogen) atoms. The molecule has 5 heteroatoms. The van der Waals surface area contributed by atoms with E-state index in [0.29, 0.717) is 18.3 Å². The number of aliphatic carboxylic acids is 1. The van der Waals surface area contributed by atoms with Gasteiger partial charge in [-0.15, -0.1) is 0 Å². The van der Waals surface area contributed by atoms with Crippen molar-refractivity contribution in [3.63, 3.8) is 0 Å². The SMILES string of the molecule is O=C(O)CC1(CNC(=O)c2cccn2C2CCC2)CCC1. The van der Waals surface area contributed by atoms with Gasteiger partial charge in [-0.05, 0) is 49.7 Å². The van der Waals surface area contributed by atoms with Gasteiger partial charge >= 0.3 is 5.97 Å². The van der Waals surface area contributed by atoms with Crippen molar-refractivity contribution >= 4 is 11.9 Å². The number of rotatable bonds is 6. The van der Waals surface area contributed by atoms with Gasteiger partial charge in [-0.1, -0.05) is 6.42 Å². The number of aromatic nitrogens is 1. The predicted octanol–water partition coefficient (Wildman–Crippen LogP) is 2.59. The molecule has 1 aromatic heterocycles. The first-order valence-corrected chi connectivity index (χ1v) is 7.77. The van der Waals surface area contributed by atoms with Crippen molar-refractivity contribution < 1.29 is 14.7 Å². The molecule has 0 bridgehead atoms. The summed E-state index contributed by atoms with van der Waals surface area (Å²) in [6.45, 7) is 0.466. The van der Waals surface area contributed by atoms with Crippen LogP contribution >= 0.6 is 0 Å². The lowest BCUT2D eigenvalue weighted by molar-refractivity contribution is -0.141. The smallest absolute Gasteiger partial charge is 0.303 e. The highest BCUT2D eigenvalue weighted by molar-refractivity contribution is 5.92. The minimum absolute atomic E-state index is 0.0800. The van der Waals surface area contributed by atoms with Gasteiger partial charge in [0.05, 0.1) is 6.42 Å². The Balaban J connectivity index is 1.61. The van der Waals surface area contributed by atoms with Gasteiger partial charge in [-0.25, -0.2) is 0 Å². The molecule has 0 spiro atoms. The molecule has 5 nitrogen and oxygen atoms in total. The average molecular weight is 290 g/mol. The van der Waals surface area contributed by atoms with E-state index >= 15 is 0 Å². The van der Waals surface area contributed by atoms with E-state index in [2.05, 4.69) is 9.88 Å². The normalized spacial score (nSPS) is 20.4. The van der Waals surface area contributed by atoms with E-state index in [4.69, 9.17) is 5.11 Å². The molecule has 2 fully saturated rings. The summed E-state index contributed by atoms with van der Waals surface area (Å²) in [5, 5.41) is 12.0. The molecule has 0 aliphatic heterocycles. The van der Waals surface area contributed by atoms with Crippen molar-refractivity contribution in [2.75, 3.05) is 6.54 Å². The van der Waals surface area contributed by atoms with E-state index in [1.54, 1.807) is 0 Å². The Bertz CT molecular complexity index is 541. The lowest BCUT2D eigenvalue weighted by atomic mass is 9.66. The minimum Gasteiger partial charge on any atom is -0.481 e. The van der Waals surface area contributed by atoms with Crippen LogP contribution in [0, 0.1) is 5.41 Å². The Hall–Kier alpha value is -1.78. The summed E-state index contributed by atoms with van der Waals surface area (Å²) in [6, 6.07) is 4.21. The van der Waals surface area contributed by atoms with Crippen molar-refractivity contribution in [1.82, 2.24) is 9.88 Å². The van der Waals surface area contributed by atoms with Crippen LogP contribution in [0.25, 0.3) is 0 Å². The van der Waals surface area contributed by atoms with Crippen molar-refractivity contribution in [3.05, 3.63) is 24.0 Å². The Kier molecular flexibility index (Phi) is 3.74. The number of carbonyl (C=O) groups excluding carboxylic acids is 1. The second kappa shape index (κ2) is 5.54. The fourth-order valence-electron chi connectivity index (χ4n) is 3.34. The topological polar surface area (TPSA) is 71.3 Å². The molecule has 0 saturated heterocycles. The van der Waals surface area contributed by atoms with Crippen LogP contribution in [0.2, 0.25) is 0 Å². The summed E-state index contributed by atoms with van der Waals surface area (Å²) < 4.78 is 2.06. The highest BCUT2D eigenvalue weighted by Crippen LogP contribution is 2.43. The van der Waals surface area contributed by atoms with E-state index in [1.165, 1.54) is 6.42 Å². The third-order valence-corrected chi connectivity index (χ3v) is 5.04. The van der Waals surface area contributed by atoms with E-state index in [1.807, 2.05) is 18.3 Å². The van der Waals surface area contributed by atoms with Crippen LogP contribution in [0.3, 0.4) is 0 Å². The summed E-state index contributed by atoms with van der Waals surface area (Å²) in [4.78, 5) is 23.3. The minimum atomic E-state index is -0.776. The third-order valence-electron chi connectivity index (χ3n) is 5.04. The van der Waals surface area contributed by atoms with Crippen molar-refractivity contribution in [1.29, 1.82) is 0 Å². The van der Waals surface area contributed by atoms with E-state index in [9.17, 15) is 9.59 Å². The lowest BCUT2D eigenvalue weighted by Crippen LogP contribution is -2.44. The molecule has 2 aliphatic carbocycles. The zero-order chi connectivity index (χ0) is 14.9. The van der Waals surface area contributed by atoms with Crippen molar-refractivity contribution in [2.45, 2.75) is 51.0 Å². The number of nitrogens with one attached hydrogen (secondary N) is 1. The van der Waals surface area contributed by atoms with Gasteiger partial charge in [0.1, 0.15) is 5.69 Å². The fourth-order valence-corrected chi connectivity index (χ4v) is 3.34. The molecular weight excluding hydrogens is 268 g/mol. The van der Waals surface area contributed by atoms with Gasteiger partial charge in [0.25, 0.3) is 5.91 Å². The monoisotopic (exact) mass is 290 g/mol. The molecule has 114 valence electrons. The Morgan fingerprint density at radius 2 is 2.10 bits per heavy atom. The summed E-state index contributed by atoms with van der Waals surface area (Å²) in [6.07, 6.45) is 8.46. The third kappa shape index (κ3) is 2.82. The number of hydrogen-bond acceptors (Lipinski definition) is 2. The predicted molar refractivity (Wildman–Crippen MR) is 78.2 cm³/mol. The second-order valence-electron chi connectivity index (χ2n) is 6.49. The maximum atomic E-state index is 12.4. The number of carboxylic acid groups (broad SMARTS) is 1. The van der Waals surface area contributed by atoms with Crippen molar-refractivity contribution in [2.24, 2.45) is 5.41 Å². The molecule has 0 unspecified atom stereocenters. The number of carbonyl (C=O) groups is 2. The molecule has 0 aromatic carbocycles. The first kappa shape index (κ1) is 14.2. The molecule has 2 N–H and O–H groups in total. The van der Waals surface area contributed by atoms with Crippen LogP contribution in [0.4, 0.5) is 0 Å². The highest BCUT2D eigenvalue weighted by Gasteiger charge is 2.39. The van der Waals surface area contributed by atoms with Gasteiger partial charge in [0.2, 0.25) is 0 Å². The van der Waals surface area contributed by atoms with E-state index in [0.717, 1.165) is 32.1 Å². The Morgan fingerprint density at radius 1 is 1.33 bits per heavy atom. The van der Waals surface area contributed by atoms with Gasteiger partial charge < -0.3 is 15.0 Å². The number of carboxylic acids is 1. The standard InChI is InChI=1S/C16H22N2O3/c19-14(20)10-16(7-3-8-16)11-17-15(21)13-6-2-9-18(13)12-4-1-5-12/h2,6,9,12H,1,3-5,7-8,10-11H2,(H,17,21)(H,19,20). The second-order valence-corrected chi connectivity index (χ2v) is 6.49. The zero-order valence-corrected chi connectivity index (χ0v) is 12.2.